The molecule has 1 atom stereocenters. The van der Waals surface area contributed by atoms with Crippen LogP contribution in [0.3, 0.4) is 0 Å². The van der Waals surface area contributed by atoms with E-state index < -0.39 is 0 Å². The Hall–Kier alpha value is -0.180. The van der Waals surface area contributed by atoms with Gasteiger partial charge in [-0.1, -0.05) is 37.5 Å². The van der Waals surface area contributed by atoms with E-state index >= 15 is 0 Å². The molecule has 0 radical (unpaired) electrons. The van der Waals surface area contributed by atoms with Crippen molar-refractivity contribution in [2.75, 3.05) is 18.2 Å². The Morgan fingerprint density at radius 1 is 1.21 bits per heavy atom. The van der Waals surface area contributed by atoms with Gasteiger partial charge in [0.1, 0.15) is 0 Å². The molecule has 1 fully saturated rings. The number of hydrogen-bond acceptors (Lipinski definition) is 2. The first-order valence-corrected chi connectivity index (χ1v) is 8.88. The standard InChI is InChI=1S/C16H22ClNS/c17-12-16(8-4-1-5-9-16)18-10-13-11-19-15-7-3-2-6-14(13)15/h2-3,6-7,13,18H,1,4-5,8-12H2. The van der Waals surface area contributed by atoms with Gasteiger partial charge in [0.05, 0.1) is 0 Å². The number of halogens is 1. The molecule has 0 spiro atoms. The molecule has 1 N–H and O–H groups in total. The Morgan fingerprint density at radius 2 is 2.00 bits per heavy atom. The van der Waals surface area contributed by atoms with Crippen LogP contribution < -0.4 is 5.32 Å². The molecular formula is C16H22ClNS. The number of fused-ring (bicyclic) bond motifs is 1. The predicted molar refractivity (Wildman–Crippen MR) is 84.4 cm³/mol. The fourth-order valence-electron chi connectivity index (χ4n) is 3.32. The van der Waals surface area contributed by atoms with Gasteiger partial charge < -0.3 is 5.32 Å². The SMILES string of the molecule is ClCC1(NCC2CSc3ccccc32)CCCCC1. The normalized spacial score (nSPS) is 25.2. The summed E-state index contributed by atoms with van der Waals surface area (Å²) < 4.78 is 0. The fourth-order valence-corrected chi connectivity index (χ4v) is 4.94. The van der Waals surface area contributed by atoms with Crippen molar-refractivity contribution >= 4 is 23.4 Å². The third-order valence-corrected chi connectivity index (χ3v) is 6.35. The number of hydrogen-bond donors (Lipinski definition) is 1. The van der Waals surface area contributed by atoms with E-state index in [1.807, 2.05) is 11.8 Å². The third-order valence-electron chi connectivity index (χ3n) is 4.59. The minimum atomic E-state index is 0.210. The van der Waals surface area contributed by atoms with Crippen molar-refractivity contribution in [3.63, 3.8) is 0 Å². The average molecular weight is 296 g/mol. The van der Waals surface area contributed by atoms with Crippen LogP contribution in [0.4, 0.5) is 0 Å². The summed E-state index contributed by atoms with van der Waals surface area (Å²) in [5.74, 6) is 2.63. The van der Waals surface area contributed by atoms with E-state index in [2.05, 4.69) is 29.6 Å². The highest BCUT2D eigenvalue weighted by Gasteiger charge is 2.32. The van der Waals surface area contributed by atoms with Crippen LogP contribution in [0, 0.1) is 0 Å². The maximum atomic E-state index is 6.26. The van der Waals surface area contributed by atoms with Gasteiger partial charge in [0.2, 0.25) is 0 Å². The van der Waals surface area contributed by atoms with Gasteiger partial charge in [0.25, 0.3) is 0 Å². The highest BCUT2D eigenvalue weighted by atomic mass is 35.5. The van der Waals surface area contributed by atoms with Gasteiger partial charge in [-0.05, 0) is 24.5 Å². The van der Waals surface area contributed by atoms with Crippen molar-refractivity contribution in [1.29, 1.82) is 0 Å². The quantitative estimate of drug-likeness (QED) is 0.826. The zero-order valence-electron chi connectivity index (χ0n) is 11.3. The Morgan fingerprint density at radius 3 is 2.79 bits per heavy atom. The zero-order valence-corrected chi connectivity index (χ0v) is 12.9. The highest BCUT2D eigenvalue weighted by molar-refractivity contribution is 7.99. The van der Waals surface area contributed by atoms with Gasteiger partial charge in [-0.3, -0.25) is 0 Å². The third kappa shape index (κ3) is 2.96. The molecule has 0 amide bonds. The number of alkyl halides is 1. The first-order chi connectivity index (χ1) is 9.33. The van der Waals surface area contributed by atoms with Gasteiger partial charge in [-0.15, -0.1) is 23.4 Å². The van der Waals surface area contributed by atoms with Crippen molar-refractivity contribution in [3.8, 4) is 0 Å². The van der Waals surface area contributed by atoms with Crippen LogP contribution >= 0.6 is 23.4 Å². The molecule has 1 heterocycles. The predicted octanol–water partition coefficient (Wildman–Crippen LogP) is 4.41. The molecular weight excluding hydrogens is 274 g/mol. The lowest BCUT2D eigenvalue weighted by atomic mass is 9.82. The summed E-state index contributed by atoms with van der Waals surface area (Å²) in [5, 5.41) is 3.82. The molecule has 3 rings (SSSR count). The molecule has 1 aliphatic heterocycles. The van der Waals surface area contributed by atoms with Crippen LogP contribution in [-0.4, -0.2) is 23.7 Å². The van der Waals surface area contributed by atoms with Gasteiger partial charge in [0.15, 0.2) is 0 Å². The van der Waals surface area contributed by atoms with Crippen LogP contribution in [0.1, 0.15) is 43.6 Å². The van der Waals surface area contributed by atoms with E-state index in [0.717, 1.165) is 12.4 Å². The molecule has 0 aromatic heterocycles. The lowest BCUT2D eigenvalue weighted by Crippen LogP contribution is -2.49. The smallest absolute Gasteiger partial charge is 0.0406 e. The first kappa shape index (κ1) is 13.8. The highest BCUT2D eigenvalue weighted by Crippen LogP contribution is 2.39. The van der Waals surface area contributed by atoms with Crippen molar-refractivity contribution < 1.29 is 0 Å². The molecule has 19 heavy (non-hydrogen) atoms. The summed E-state index contributed by atoms with van der Waals surface area (Å²) in [6, 6.07) is 8.84. The molecule has 1 aromatic carbocycles. The summed E-state index contributed by atoms with van der Waals surface area (Å²) in [6.07, 6.45) is 6.53. The Kier molecular flexibility index (Phi) is 4.40. The number of benzene rings is 1. The minimum Gasteiger partial charge on any atom is -0.309 e. The maximum Gasteiger partial charge on any atom is 0.0406 e. The molecule has 1 aromatic rings. The lowest BCUT2D eigenvalue weighted by Gasteiger charge is -2.37. The second-order valence-electron chi connectivity index (χ2n) is 5.90. The van der Waals surface area contributed by atoms with E-state index in [-0.39, 0.29) is 5.54 Å². The van der Waals surface area contributed by atoms with Crippen molar-refractivity contribution in [3.05, 3.63) is 29.8 Å². The molecule has 1 unspecified atom stereocenters. The van der Waals surface area contributed by atoms with Gasteiger partial charge in [0, 0.05) is 34.5 Å². The number of rotatable bonds is 4. The van der Waals surface area contributed by atoms with Crippen molar-refractivity contribution in [1.82, 2.24) is 5.32 Å². The van der Waals surface area contributed by atoms with E-state index in [9.17, 15) is 0 Å². The molecule has 1 nitrogen and oxygen atoms in total. The Bertz CT molecular complexity index is 429. The van der Waals surface area contributed by atoms with Crippen molar-refractivity contribution in [2.24, 2.45) is 0 Å². The zero-order chi connectivity index (χ0) is 13.1. The fraction of sp³-hybridized carbons (Fsp3) is 0.625. The Balaban J connectivity index is 1.63. The van der Waals surface area contributed by atoms with E-state index in [1.54, 1.807) is 0 Å². The van der Waals surface area contributed by atoms with Crippen LogP contribution in [0.25, 0.3) is 0 Å². The summed E-state index contributed by atoms with van der Waals surface area (Å²) in [6.45, 7) is 1.08. The first-order valence-electron chi connectivity index (χ1n) is 7.36. The largest absolute Gasteiger partial charge is 0.309 e. The maximum absolute atomic E-state index is 6.26. The van der Waals surface area contributed by atoms with Gasteiger partial charge in [-0.25, -0.2) is 0 Å². The molecule has 3 heteroatoms. The molecule has 2 aliphatic rings. The number of nitrogens with one attached hydrogen (secondary N) is 1. The second kappa shape index (κ2) is 6.07. The topological polar surface area (TPSA) is 12.0 Å². The summed E-state index contributed by atoms with van der Waals surface area (Å²) in [5.41, 5.74) is 1.74. The van der Waals surface area contributed by atoms with E-state index in [0.29, 0.717) is 5.92 Å². The van der Waals surface area contributed by atoms with Gasteiger partial charge in [-0.2, -0.15) is 0 Å². The monoisotopic (exact) mass is 295 g/mol. The second-order valence-corrected chi connectivity index (χ2v) is 7.23. The van der Waals surface area contributed by atoms with E-state index in [4.69, 9.17) is 11.6 Å². The lowest BCUT2D eigenvalue weighted by molar-refractivity contribution is 0.255. The summed E-state index contributed by atoms with van der Waals surface area (Å²) >= 11 is 8.25. The molecule has 104 valence electrons. The van der Waals surface area contributed by atoms with E-state index in [1.165, 1.54) is 48.3 Å². The minimum absolute atomic E-state index is 0.210. The molecule has 1 saturated carbocycles. The number of thioether (sulfide) groups is 1. The van der Waals surface area contributed by atoms with Crippen LogP contribution in [0.5, 0.6) is 0 Å². The molecule has 0 bridgehead atoms. The van der Waals surface area contributed by atoms with Crippen LogP contribution in [-0.2, 0) is 0 Å². The molecule has 1 aliphatic carbocycles. The Labute approximate surface area is 125 Å². The van der Waals surface area contributed by atoms with Crippen LogP contribution in [0.15, 0.2) is 29.2 Å². The van der Waals surface area contributed by atoms with Crippen LogP contribution in [0.2, 0.25) is 0 Å². The van der Waals surface area contributed by atoms with Gasteiger partial charge >= 0.3 is 0 Å². The summed E-state index contributed by atoms with van der Waals surface area (Å²) in [4.78, 5) is 1.47. The average Bonchev–Trinajstić information content (AvgIpc) is 2.89. The van der Waals surface area contributed by atoms with Crippen molar-refractivity contribution in [2.45, 2.75) is 48.5 Å². The molecule has 0 saturated heterocycles. The summed E-state index contributed by atoms with van der Waals surface area (Å²) in [7, 11) is 0.